The third-order valence-electron chi connectivity index (χ3n) is 9.83. The molecule has 0 saturated heterocycles. The molecule has 4 aliphatic rings. The number of benzene rings is 1. The molecule has 1 N–H and O–H groups in total. The van der Waals surface area contributed by atoms with Gasteiger partial charge in [-0.05, 0) is 93.1 Å². The van der Waals surface area contributed by atoms with Crippen molar-refractivity contribution in [2.45, 2.75) is 89.2 Å². The lowest BCUT2D eigenvalue weighted by atomic mass is 9.44. The number of hydrogen-bond acceptors (Lipinski definition) is 5. The summed E-state index contributed by atoms with van der Waals surface area (Å²) in [4.78, 5) is 12.9. The third-order valence-corrected chi connectivity index (χ3v) is 11.2. The van der Waals surface area contributed by atoms with Crippen LogP contribution in [-0.2, 0) is 19.1 Å². The minimum absolute atomic E-state index is 0.0250. The van der Waals surface area contributed by atoms with Crippen LogP contribution in [0.1, 0.15) is 70.8 Å². The lowest BCUT2D eigenvalue weighted by Gasteiger charge is -2.61. The van der Waals surface area contributed by atoms with Crippen molar-refractivity contribution in [3.63, 3.8) is 0 Å². The molecule has 4 saturated carbocycles. The fourth-order valence-corrected chi connectivity index (χ4v) is 9.26. The second-order valence-corrected chi connectivity index (χ2v) is 13.1. The van der Waals surface area contributed by atoms with Crippen LogP contribution >= 0.6 is 0 Å². The van der Waals surface area contributed by atoms with E-state index in [0.29, 0.717) is 42.8 Å². The molecular formula is C26H36O5S. The first-order valence-electron chi connectivity index (χ1n) is 12.3. The molecule has 0 bridgehead atoms. The molecule has 1 aromatic carbocycles. The largest absolute Gasteiger partial charge is 0.393 e. The molecule has 0 heterocycles. The quantitative estimate of drug-likeness (QED) is 0.664. The van der Waals surface area contributed by atoms with Gasteiger partial charge < -0.3 is 5.11 Å². The Bertz CT molecular complexity index is 1000. The van der Waals surface area contributed by atoms with Gasteiger partial charge in [-0.2, -0.15) is 8.42 Å². The van der Waals surface area contributed by atoms with Gasteiger partial charge in [0.15, 0.2) is 0 Å². The Morgan fingerprint density at radius 3 is 2.50 bits per heavy atom. The van der Waals surface area contributed by atoms with Gasteiger partial charge in [0, 0.05) is 11.8 Å². The molecule has 0 spiro atoms. The predicted molar refractivity (Wildman–Crippen MR) is 121 cm³/mol. The summed E-state index contributed by atoms with van der Waals surface area (Å²) in [5.41, 5.74) is 0.634. The molecule has 0 aromatic heterocycles. The number of ketones is 1. The summed E-state index contributed by atoms with van der Waals surface area (Å²) in [5, 5.41) is 11.3. The van der Waals surface area contributed by atoms with Crippen LogP contribution in [0.3, 0.4) is 0 Å². The van der Waals surface area contributed by atoms with Gasteiger partial charge in [0.1, 0.15) is 5.78 Å². The molecule has 1 aromatic rings. The van der Waals surface area contributed by atoms with Crippen molar-refractivity contribution in [3.05, 3.63) is 29.8 Å². The highest BCUT2D eigenvalue weighted by Crippen LogP contribution is 2.65. The Hall–Kier alpha value is -1.24. The zero-order valence-electron chi connectivity index (χ0n) is 19.4. The summed E-state index contributed by atoms with van der Waals surface area (Å²) in [6.07, 6.45) is 5.76. The number of aryl methyl sites for hydroxylation is 1. The molecular weight excluding hydrogens is 424 g/mol. The van der Waals surface area contributed by atoms with Gasteiger partial charge in [0.25, 0.3) is 10.1 Å². The van der Waals surface area contributed by atoms with Gasteiger partial charge in [-0.25, -0.2) is 0 Å². The smallest absolute Gasteiger partial charge is 0.297 e. The summed E-state index contributed by atoms with van der Waals surface area (Å²) in [7, 11) is -3.78. The van der Waals surface area contributed by atoms with Gasteiger partial charge in [-0.1, -0.05) is 31.5 Å². The minimum Gasteiger partial charge on any atom is -0.393 e. The maximum atomic E-state index is 12.8. The van der Waals surface area contributed by atoms with Gasteiger partial charge in [-0.15, -0.1) is 0 Å². The van der Waals surface area contributed by atoms with Gasteiger partial charge >= 0.3 is 0 Å². The highest BCUT2D eigenvalue weighted by atomic mass is 32.2. The van der Waals surface area contributed by atoms with E-state index >= 15 is 0 Å². The normalized spacial score (nSPS) is 43.9. The van der Waals surface area contributed by atoms with Crippen LogP contribution in [0.4, 0.5) is 0 Å². The molecule has 6 heteroatoms. The number of fused-ring (bicyclic) bond motifs is 5. The van der Waals surface area contributed by atoms with E-state index in [2.05, 4.69) is 13.8 Å². The van der Waals surface area contributed by atoms with Crippen molar-refractivity contribution in [2.24, 2.45) is 34.5 Å². The van der Waals surface area contributed by atoms with Crippen molar-refractivity contribution < 1.29 is 22.5 Å². The summed E-state index contributed by atoms with van der Waals surface area (Å²) in [6, 6.07) is 6.81. The SMILES string of the molecule is Cc1ccc(S(=O)(=O)O[C@@H]2CC[C@@]3(C)[C@@H](CC[C@@H]4[C@@H]3[C@@H](O)C[C@]3(C)C(=O)CC[C@@H]43)C2)cc1. The number of carbonyl (C=O) groups is 1. The van der Waals surface area contributed by atoms with E-state index in [4.69, 9.17) is 4.18 Å². The van der Waals surface area contributed by atoms with E-state index in [1.807, 2.05) is 6.92 Å². The highest BCUT2D eigenvalue weighted by Gasteiger charge is 2.63. The van der Waals surface area contributed by atoms with Crippen molar-refractivity contribution in [2.75, 3.05) is 0 Å². The first-order valence-corrected chi connectivity index (χ1v) is 13.7. The lowest BCUT2D eigenvalue weighted by Crippen LogP contribution is -2.59. The number of aliphatic hydroxyl groups excluding tert-OH is 1. The van der Waals surface area contributed by atoms with E-state index in [0.717, 1.165) is 37.7 Å². The average Bonchev–Trinajstić information content (AvgIpc) is 3.02. The number of hydrogen-bond donors (Lipinski definition) is 1. The second-order valence-electron chi connectivity index (χ2n) is 11.5. The molecule has 0 unspecified atom stereocenters. The Morgan fingerprint density at radius 2 is 1.78 bits per heavy atom. The van der Waals surface area contributed by atoms with E-state index in [1.54, 1.807) is 24.3 Å². The van der Waals surface area contributed by atoms with E-state index in [-0.39, 0.29) is 27.7 Å². The monoisotopic (exact) mass is 460 g/mol. The summed E-state index contributed by atoms with van der Waals surface area (Å²) >= 11 is 0. The fraction of sp³-hybridized carbons (Fsp3) is 0.731. The van der Waals surface area contributed by atoms with Crippen LogP contribution in [0.5, 0.6) is 0 Å². The van der Waals surface area contributed by atoms with Crippen LogP contribution in [0.25, 0.3) is 0 Å². The minimum atomic E-state index is -3.78. The van der Waals surface area contributed by atoms with Gasteiger partial charge in [0.2, 0.25) is 0 Å². The van der Waals surface area contributed by atoms with Crippen LogP contribution < -0.4 is 0 Å². The molecule has 5 rings (SSSR count). The van der Waals surface area contributed by atoms with Crippen molar-refractivity contribution in [1.82, 2.24) is 0 Å². The number of carbonyl (C=O) groups excluding carboxylic acids is 1. The second kappa shape index (κ2) is 7.64. The Morgan fingerprint density at radius 1 is 1.06 bits per heavy atom. The molecule has 0 amide bonds. The molecule has 8 atom stereocenters. The lowest BCUT2D eigenvalue weighted by molar-refractivity contribution is -0.174. The van der Waals surface area contributed by atoms with Crippen LogP contribution in [0.15, 0.2) is 29.2 Å². The fourth-order valence-electron chi connectivity index (χ4n) is 8.14. The number of Topliss-reactive ketones (excluding diaryl/α,β-unsaturated/α-hetero) is 1. The Balaban J connectivity index is 1.33. The van der Waals surface area contributed by atoms with Crippen LogP contribution in [0.2, 0.25) is 0 Å². The van der Waals surface area contributed by atoms with Crippen LogP contribution in [0, 0.1) is 41.4 Å². The number of aliphatic hydroxyl groups is 1. The third kappa shape index (κ3) is 3.40. The topological polar surface area (TPSA) is 80.7 Å². The van der Waals surface area contributed by atoms with Crippen molar-refractivity contribution in [3.8, 4) is 0 Å². The first kappa shape index (κ1) is 22.5. The van der Waals surface area contributed by atoms with E-state index in [1.165, 1.54) is 0 Å². The Labute approximate surface area is 192 Å². The van der Waals surface area contributed by atoms with Crippen molar-refractivity contribution in [1.29, 1.82) is 0 Å². The summed E-state index contributed by atoms with van der Waals surface area (Å²) in [5.74, 6) is 1.65. The molecule has 32 heavy (non-hydrogen) atoms. The van der Waals surface area contributed by atoms with Crippen molar-refractivity contribution >= 4 is 15.9 Å². The van der Waals surface area contributed by atoms with Gasteiger partial charge in [-0.3, -0.25) is 8.98 Å². The maximum absolute atomic E-state index is 12.8. The highest BCUT2D eigenvalue weighted by molar-refractivity contribution is 7.86. The molecule has 5 nitrogen and oxygen atoms in total. The van der Waals surface area contributed by atoms with E-state index < -0.39 is 16.2 Å². The number of rotatable bonds is 3. The predicted octanol–water partition coefficient (Wildman–Crippen LogP) is 4.65. The standard InChI is InChI=1S/C26H36O5S/c1-16-4-7-19(8-5-16)32(29,30)31-18-12-13-25(2)17(14-18)6-9-20-21-10-11-23(28)26(21,3)15-22(27)24(20)25/h4-5,7-8,17-18,20-22,24,27H,6,9-15H2,1-3H3/t17-,18+,20-,21-,22-,24+,25-,26-/m0/s1. The molecule has 0 aliphatic heterocycles. The molecule has 4 fully saturated rings. The first-order chi connectivity index (χ1) is 15.0. The maximum Gasteiger partial charge on any atom is 0.297 e. The zero-order valence-corrected chi connectivity index (χ0v) is 20.2. The van der Waals surface area contributed by atoms with Gasteiger partial charge in [0.05, 0.1) is 17.1 Å². The molecule has 0 radical (unpaired) electrons. The summed E-state index contributed by atoms with van der Waals surface area (Å²) in [6.45, 7) is 6.32. The Kier molecular flexibility index (Phi) is 5.38. The molecule has 4 aliphatic carbocycles. The molecule has 176 valence electrons. The van der Waals surface area contributed by atoms with E-state index in [9.17, 15) is 18.3 Å². The average molecular weight is 461 g/mol. The van der Waals surface area contributed by atoms with Crippen LogP contribution in [-0.4, -0.2) is 31.5 Å². The summed E-state index contributed by atoms with van der Waals surface area (Å²) < 4.78 is 31.4. The zero-order chi connectivity index (χ0) is 22.9.